The number of aromatic nitrogens is 4. The number of benzene rings is 1. The molecular formula is C19H22N6. The molecule has 1 aromatic carbocycles. The first-order chi connectivity index (χ1) is 12.3. The third-order valence-electron chi connectivity index (χ3n) is 4.77. The van der Waals surface area contributed by atoms with E-state index >= 15 is 0 Å². The molecule has 0 atom stereocenters. The first-order valence-corrected chi connectivity index (χ1v) is 8.69. The second-order valence-corrected chi connectivity index (χ2v) is 6.50. The Morgan fingerprint density at radius 3 is 2.64 bits per heavy atom. The molecule has 3 heterocycles. The van der Waals surface area contributed by atoms with Crippen LogP contribution in [0.4, 0.5) is 11.6 Å². The molecule has 6 heteroatoms. The van der Waals surface area contributed by atoms with Crippen molar-refractivity contribution in [1.82, 2.24) is 20.2 Å². The van der Waals surface area contributed by atoms with Crippen LogP contribution < -0.4 is 10.6 Å². The van der Waals surface area contributed by atoms with Crippen LogP contribution in [0.5, 0.6) is 0 Å². The molecule has 1 fully saturated rings. The number of piperidine rings is 1. The highest BCUT2D eigenvalue weighted by molar-refractivity contribution is 5.39. The van der Waals surface area contributed by atoms with Crippen LogP contribution in [-0.2, 0) is 6.42 Å². The summed E-state index contributed by atoms with van der Waals surface area (Å²) in [6.45, 7) is 1.96. The predicted molar refractivity (Wildman–Crippen MR) is 98.5 cm³/mol. The minimum atomic E-state index is 0.492. The number of hydrogen-bond donors (Lipinski definition) is 2. The van der Waals surface area contributed by atoms with Gasteiger partial charge < -0.3 is 10.6 Å². The lowest BCUT2D eigenvalue weighted by atomic mass is 9.93. The Hall–Kier alpha value is -2.89. The van der Waals surface area contributed by atoms with Gasteiger partial charge in [0.05, 0.1) is 0 Å². The van der Waals surface area contributed by atoms with Crippen LogP contribution in [0.3, 0.4) is 0 Å². The summed E-state index contributed by atoms with van der Waals surface area (Å²) < 4.78 is 0. The summed E-state index contributed by atoms with van der Waals surface area (Å²) in [5.41, 5.74) is 8.09. The molecule has 0 spiro atoms. The lowest BCUT2D eigenvalue weighted by molar-refractivity contribution is 0.492. The van der Waals surface area contributed by atoms with E-state index in [0.717, 1.165) is 49.7 Å². The van der Waals surface area contributed by atoms with Crippen LogP contribution in [0.2, 0.25) is 0 Å². The lowest BCUT2D eigenvalue weighted by Crippen LogP contribution is -2.33. The molecule has 0 bridgehead atoms. The van der Waals surface area contributed by atoms with E-state index in [-0.39, 0.29) is 0 Å². The van der Waals surface area contributed by atoms with E-state index < -0.39 is 0 Å². The van der Waals surface area contributed by atoms with Gasteiger partial charge >= 0.3 is 0 Å². The Labute approximate surface area is 147 Å². The maximum Gasteiger partial charge on any atom is 0.145 e. The topological polar surface area (TPSA) is 83.7 Å². The van der Waals surface area contributed by atoms with Crippen LogP contribution in [0, 0.1) is 0 Å². The minimum Gasteiger partial charge on any atom is -0.382 e. The summed E-state index contributed by atoms with van der Waals surface area (Å²) in [4.78, 5) is 11.5. The molecule has 2 aromatic heterocycles. The Morgan fingerprint density at radius 2 is 1.92 bits per heavy atom. The quantitative estimate of drug-likeness (QED) is 0.766. The summed E-state index contributed by atoms with van der Waals surface area (Å²) in [6, 6.07) is 14.3. The van der Waals surface area contributed by atoms with Gasteiger partial charge in [-0.25, -0.2) is 9.97 Å². The van der Waals surface area contributed by atoms with Gasteiger partial charge in [-0.05, 0) is 24.5 Å². The number of H-pyrrole nitrogens is 1. The Morgan fingerprint density at radius 1 is 1.12 bits per heavy atom. The number of anilines is 2. The van der Waals surface area contributed by atoms with Crippen LogP contribution in [-0.4, -0.2) is 33.3 Å². The van der Waals surface area contributed by atoms with Crippen molar-refractivity contribution in [1.29, 1.82) is 0 Å². The standard InChI is InChI=1S/C19H22N6/c20-17-13-16(23-24-17)15-7-10-25(11-8-15)19-6-9-21-18(22-19)12-14-4-2-1-3-5-14/h1-6,9,13,15H,7-8,10-12H2,(H3,20,23,24). The zero-order valence-electron chi connectivity index (χ0n) is 14.1. The number of rotatable bonds is 4. The maximum atomic E-state index is 5.71. The number of nitrogens with two attached hydrogens (primary N) is 1. The third kappa shape index (κ3) is 3.63. The zero-order valence-corrected chi connectivity index (χ0v) is 14.1. The fourth-order valence-corrected chi connectivity index (χ4v) is 3.41. The average molecular weight is 334 g/mol. The van der Waals surface area contributed by atoms with Gasteiger partial charge in [0.2, 0.25) is 0 Å². The average Bonchev–Trinajstić information content (AvgIpc) is 3.09. The lowest BCUT2D eigenvalue weighted by Gasteiger charge is -2.32. The monoisotopic (exact) mass is 334 g/mol. The third-order valence-corrected chi connectivity index (χ3v) is 4.77. The second kappa shape index (κ2) is 6.93. The van der Waals surface area contributed by atoms with Crippen molar-refractivity contribution < 1.29 is 0 Å². The Kier molecular flexibility index (Phi) is 4.33. The van der Waals surface area contributed by atoms with Gasteiger partial charge in [0.1, 0.15) is 17.5 Å². The number of nitrogens with zero attached hydrogens (tertiary/aromatic N) is 4. The van der Waals surface area contributed by atoms with E-state index in [1.54, 1.807) is 0 Å². The summed E-state index contributed by atoms with van der Waals surface area (Å²) in [5, 5.41) is 7.09. The minimum absolute atomic E-state index is 0.492. The van der Waals surface area contributed by atoms with Gasteiger partial charge in [-0.2, -0.15) is 5.10 Å². The molecule has 0 aliphatic carbocycles. The Balaban J connectivity index is 1.42. The molecule has 128 valence electrons. The van der Waals surface area contributed by atoms with Crippen molar-refractivity contribution in [3.05, 3.63) is 65.7 Å². The molecule has 25 heavy (non-hydrogen) atoms. The molecule has 0 saturated carbocycles. The van der Waals surface area contributed by atoms with E-state index in [2.05, 4.69) is 32.2 Å². The first kappa shape index (κ1) is 15.6. The molecule has 0 unspecified atom stereocenters. The SMILES string of the molecule is Nc1cc(C2CCN(c3ccnc(Cc4ccccc4)n3)CC2)[nH]n1. The molecule has 0 amide bonds. The normalized spacial score (nSPS) is 15.4. The van der Waals surface area contributed by atoms with Crippen molar-refractivity contribution in [2.45, 2.75) is 25.2 Å². The van der Waals surface area contributed by atoms with Crippen LogP contribution >= 0.6 is 0 Å². The molecule has 0 radical (unpaired) electrons. The highest BCUT2D eigenvalue weighted by atomic mass is 15.2. The van der Waals surface area contributed by atoms with Gasteiger partial charge in [-0.15, -0.1) is 0 Å². The molecule has 1 aliphatic heterocycles. The second-order valence-electron chi connectivity index (χ2n) is 6.50. The molecule has 1 aliphatic rings. The first-order valence-electron chi connectivity index (χ1n) is 8.69. The fraction of sp³-hybridized carbons (Fsp3) is 0.316. The summed E-state index contributed by atoms with van der Waals surface area (Å²) in [6.07, 6.45) is 4.76. The largest absolute Gasteiger partial charge is 0.382 e. The molecule has 4 rings (SSSR count). The van der Waals surface area contributed by atoms with Gasteiger partial charge in [0, 0.05) is 43.4 Å². The van der Waals surface area contributed by atoms with E-state index in [1.165, 1.54) is 5.56 Å². The van der Waals surface area contributed by atoms with E-state index in [0.29, 0.717) is 11.7 Å². The van der Waals surface area contributed by atoms with Crippen LogP contribution in [0.15, 0.2) is 48.7 Å². The number of aromatic amines is 1. The number of nitrogens with one attached hydrogen (secondary N) is 1. The van der Waals surface area contributed by atoms with Crippen LogP contribution in [0.25, 0.3) is 0 Å². The fourth-order valence-electron chi connectivity index (χ4n) is 3.41. The predicted octanol–water partition coefficient (Wildman–Crippen LogP) is 2.76. The van der Waals surface area contributed by atoms with Crippen molar-refractivity contribution >= 4 is 11.6 Å². The summed E-state index contributed by atoms with van der Waals surface area (Å²) >= 11 is 0. The maximum absolute atomic E-state index is 5.71. The summed E-state index contributed by atoms with van der Waals surface area (Å²) in [5.74, 6) is 2.95. The molecule has 3 N–H and O–H groups in total. The van der Waals surface area contributed by atoms with Crippen molar-refractivity contribution in [2.75, 3.05) is 23.7 Å². The van der Waals surface area contributed by atoms with Crippen LogP contribution in [0.1, 0.15) is 35.8 Å². The van der Waals surface area contributed by atoms with Gasteiger partial charge in [-0.1, -0.05) is 30.3 Å². The van der Waals surface area contributed by atoms with Crippen molar-refractivity contribution in [3.63, 3.8) is 0 Å². The zero-order chi connectivity index (χ0) is 17.1. The van der Waals surface area contributed by atoms with E-state index in [1.807, 2.05) is 36.5 Å². The number of hydrogen-bond acceptors (Lipinski definition) is 5. The highest BCUT2D eigenvalue weighted by Gasteiger charge is 2.23. The van der Waals surface area contributed by atoms with E-state index in [4.69, 9.17) is 10.7 Å². The summed E-state index contributed by atoms with van der Waals surface area (Å²) in [7, 11) is 0. The van der Waals surface area contributed by atoms with Gasteiger partial charge in [0.25, 0.3) is 0 Å². The smallest absolute Gasteiger partial charge is 0.145 e. The molecule has 1 saturated heterocycles. The highest BCUT2D eigenvalue weighted by Crippen LogP contribution is 2.29. The van der Waals surface area contributed by atoms with E-state index in [9.17, 15) is 0 Å². The molecule has 6 nitrogen and oxygen atoms in total. The Bertz CT molecular complexity index is 821. The number of nitrogen functional groups attached to an aromatic ring is 1. The van der Waals surface area contributed by atoms with Gasteiger partial charge in [0.15, 0.2) is 0 Å². The molecular weight excluding hydrogens is 312 g/mol. The molecule has 3 aromatic rings. The van der Waals surface area contributed by atoms with Crippen molar-refractivity contribution in [3.8, 4) is 0 Å². The van der Waals surface area contributed by atoms with Crippen molar-refractivity contribution in [2.24, 2.45) is 0 Å². The van der Waals surface area contributed by atoms with Gasteiger partial charge in [-0.3, -0.25) is 5.10 Å².